The van der Waals surface area contributed by atoms with Gasteiger partial charge in [0, 0.05) is 48.9 Å². The molecule has 4 aromatic rings. The first kappa shape index (κ1) is 28.2. The number of nitrogens with zero attached hydrogens (tertiary/aromatic N) is 6. The van der Waals surface area contributed by atoms with E-state index >= 15 is 4.39 Å². The Kier molecular flexibility index (Phi) is 7.67. The monoisotopic (exact) mass is 592 g/mol. The van der Waals surface area contributed by atoms with Crippen LogP contribution in [0.4, 0.5) is 14.6 Å². The van der Waals surface area contributed by atoms with E-state index in [0.29, 0.717) is 53.8 Å². The molecule has 0 radical (unpaired) electrons. The predicted molar refractivity (Wildman–Crippen MR) is 160 cm³/mol. The zero-order valence-corrected chi connectivity index (χ0v) is 24.2. The van der Waals surface area contributed by atoms with Gasteiger partial charge in [-0.2, -0.15) is 9.97 Å². The summed E-state index contributed by atoms with van der Waals surface area (Å²) in [6.45, 7) is 8.31. The highest BCUT2D eigenvalue weighted by atomic mass is 35.5. The summed E-state index contributed by atoms with van der Waals surface area (Å²) < 4.78 is 37.0. The number of aromatic nitrogens is 3. The fourth-order valence-electron chi connectivity index (χ4n) is 5.98. The SMILES string of the molecule is C=CC(=O)N1CCN(c2nc(OC[C@@H]3CCCN3C)nc3c(F)c(-c4cccc5ccc(F)c(Cl)c45)ncc23)CC1C. The number of anilines is 1. The number of likely N-dealkylation sites (tertiary alicyclic amines) is 1. The lowest BCUT2D eigenvalue weighted by Crippen LogP contribution is -2.54. The molecule has 2 aliphatic rings. The molecular weight excluding hydrogens is 562 g/mol. The Labute approximate surface area is 247 Å². The molecule has 2 aromatic carbocycles. The van der Waals surface area contributed by atoms with Gasteiger partial charge in [0.2, 0.25) is 5.91 Å². The fourth-order valence-corrected chi connectivity index (χ4v) is 6.25. The molecule has 0 saturated carbocycles. The molecule has 0 spiro atoms. The standard InChI is InChI=1S/C31H31ClF2N6O2/c1-4-24(41)40-14-13-39(16-18(40)2)30-22-15-35-28(21-9-5-7-19-10-11-23(33)26(32)25(19)21)27(34)29(22)36-31(37-30)42-17-20-8-6-12-38(20)3/h4-5,7,9-11,15,18,20H,1,6,8,12-14,16-17H2,2-3H3/t18?,20-/m0/s1. The minimum Gasteiger partial charge on any atom is -0.462 e. The zero-order chi connectivity index (χ0) is 29.5. The highest BCUT2D eigenvalue weighted by Crippen LogP contribution is 2.38. The number of carbonyl (C=O) groups excluding carboxylic acids is 1. The molecule has 0 bridgehead atoms. The molecule has 8 nitrogen and oxygen atoms in total. The van der Waals surface area contributed by atoms with Gasteiger partial charge in [-0.25, -0.2) is 8.78 Å². The normalized spacial score (nSPS) is 19.5. The van der Waals surface area contributed by atoms with Crippen molar-refractivity contribution in [3.05, 3.63) is 65.8 Å². The first-order valence-corrected chi connectivity index (χ1v) is 14.4. The Morgan fingerprint density at radius 3 is 2.76 bits per heavy atom. The summed E-state index contributed by atoms with van der Waals surface area (Å²) in [6.07, 6.45) is 4.92. The van der Waals surface area contributed by atoms with Crippen molar-refractivity contribution in [2.45, 2.75) is 31.8 Å². The van der Waals surface area contributed by atoms with Gasteiger partial charge in [0.1, 0.15) is 29.5 Å². The molecule has 1 unspecified atom stereocenters. The molecular formula is C31H31ClF2N6O2. The number of fused-ring (bicyclic) bond motifs is 2. The number of likely N-dealkylation sites (N-methyl/N-ethyl adjacent to an activating group) is 1. The summed E-state index contributed by atoms with van der Waals surface area (Å²) in [4.78, 5) is 32.0. The lowest BCUT2D eigenvalue weighted by atomic mass is 10.0. The topological polar surface area (TPSA) is 74.7 Å². The summed E-state index contributed by atoms with van der Waals surface area (Å²) in [5.41, 5.74) is 0.403. The Balaban J connectivity index is 1.46. The van der Waals surface area contributed by atoms with E-state index < -0.39 is 11.6 Å². The minimum atomic E-state index is -0.680. The number of ether oxygens (including phenoxy) is 1. The summed E-state index contributed by atoms with van der Waals surface area (Å²) in [6, 6.07) is 8.23. The minimum absolute atomic E-state index is 0.00138. The van der Waals surface area contributed by atoms with Gasteiger partial charge < -0.3 is 19.4 Å². The third-order valence-electron chi connectivity index (χ3n) is 8.29. The number of amides is 1. The van der Waals surface area contributed by atoms with Gasteiger partial charge in [0.05, 0.1) is 10.4 Å². The molecule has 2 saturated heterocycles. The molecule has 0 aliphatic carbocycles. The van der Waals surface area contributed by atoms with Crippen LogP contribution >= 0.6 is 11.6 Å². The highest BCUT2D eigenvalue weighted by molar-refractivity contribution is 6.36. The Morgan fingerprint density at radius 2 is 2.02 bits per heavy atom. The van der Waals surface area contributed by atoms with E-state index in [9.17, 15) is 9.18 Å². The molecule has 218 valence electrons. The van der Waals surface area contributed by atoms with Crippen molar-refractivity contribution in [2.24, 2.45) is 0 Å². The van der Waals surface area contributed by atoms with Crippen LogP contribution in [0, 0.1) is 11.6 Å². The number of piperazine rings is 1. The van der Waals surface area contributed by atoms with Crippen molar-refractivity contribution < 1.29 is 18.3 Å². The number of benzene rings is 2. The van der Waals surface area contributed by atoms with E-state index in [1.165, 1.54) is 18.3 Å². The second-order valence-corrected chi connectivity index (χ2v) is 11.3. The van der Waals surface area contributed by atoms with Gasteiger partial charge >= 0.3 is 6.01 Å². The van der Waals surface area contributed by atoms with Gasteiger partial charge in [0.15, 0.2) is 5.82 Å². The molecule has 0 N–H and O–H groups in total. The highest BCUT2D eigenvalue weighted by Gasteiger charge is 2.30. The van der Waals surface area contributed by atoms with Crippen LogP contribution in [0.2, 0.25) is 5.02 Å². The Morgan fingerprint density at radius 1 is 1.19 bits per heavy atom. The van der Waals surface area contributed by atoms with Crippen LogP contribution in [0.15, 0.2) is 49.2 Å². The number of hydrogen-bond donors (Lipinski definition) is 0. The molecule has 1 amide bonds. The van der Waals surface area contributed by atoms with Gasteiger partial charge in [-0.3, -0.25) is 9.78 Å². The lowest BCUT2D eigenvalue weighted by molar-refractivity contribution is -0.128. The maximum Gasteiger partial charge on any atom is 0.319 e. The molecule has 2 atom stereocenters. The predicted octanol–water partition coefficient (Wildman–Crippen LogP) is 5.47. The number of rotatable bonds is 6. The van der Waals surface area contributed by atoms with Gasteiger partial charge in [-0.15, -0.1) is 0 Å². The maximum atomic E-state index is 16.5. The third-order valence-corrected chi connectivity index (χ3v) is 8.66. The fraction of sp³-hybridized carbons (Fsp3) is 0.355. The van der Waals surface area contributed by atoms with Crippen molar-refractivity contribution >= 4 is 45.0 Å². The average Bonchev–Trinajstić information content (AvgIpc) is 3.41. The first-order chi connectivity index (χ1) is 20.3. The van der Waals surface area contributed by atoms with E-state index in [4.69, 9.17) is 21.3 Å². The van der Waals surface area contributed by atoms with Crippen molar-refractivity contribution in [2.75, 3.05) is 44.7 Å². The molecule has 4 heterocycles. The summed E-state index contributed by atoms with van der Waals surface area (Å²) in [5.74, 6) is -0.937. The number of carbonyl (C=O) groups is 1. The second kappa shape index (κ2) is 11.4. The van der Waals surface area contributed by atoms with E-state index in [2.05, 4.69) is 28.5 Å². The maximum absolute atomic E-state index is 16.5. The van der Waals surface area contributed by atoms with Crippen LogP contribution in [0.5, 0.6) is 6.01 Å². The van der Waals surface area contributed by atoms with Gasteiger partial charge in [-0.1, -0.05) is 42.4 Å². The molecule has 2 aliphatic heterocycles. The number of pyridine rings is 1. The molecule has 42 heavy (non-hydrogen) atoms. The summed E-state index contributed by atoms with van der Waals surface area (Å²) in [5, 5.41) is 1.35. The summed E-state index contributed by atoms with van der Waals surface area (Å²) in [7, 11) is 2.05. The van der Waals surface area contributed by atoms with E-state index in [0.717, 1.165) is 19.4 Å². The average molecular weight is 593 g/mol. The van der Waals surface area contributed by atoms with Crippen LogP contribution in [-0.4, -0.2) is 82.6 Å². The van der Waals surface area contributed by atoms with Crippen molar-refractivity contribution in [3.8, 4) is 17.3 Å². The van der Waals surface area contributed by atoms with Crippen molar-refractivity contribution in [1.82, 2.24) is 24.8 Å². The largest absolute Gasteiger partial charge is 0.462 e. The van der Waals surface area contributed by atoms with Gasteiger partial charge in [0.25, 0.3) is 0 Å². The van der Waals surface area contributed by atoms with E-state index in [1.54, 1.807) is 29.2 Å². The second-order valence-electron chi connectivity index (χ2n) is 10.9. The Bertz CT molecular complexity index is 1700. The van der Waals surface area contributed by atoms with Crippen LogP contribution in [-0.2, 0) is 4.79 Å². The lowest BCUT2D eigenvalue weighted by Gasteiger charge is -2.40. The first-order valence-electron chi connectivity index (χ1n) is 14.0. The van der Waals surface area contributed by atoms with Crippen LogP contribution < -0.4 is 9.64 Å². The Hall–Kier alpha value is -3.89. The smallest absolute Gasteiger partial charge is 0.319 e. The molecule has 2 aromatic heterocycles. The van der Waals surface area contributed by atoms with Crippen LogP contribution in [0.25, 0.3) is 32.9 Å². The van der Waals surface area contributed by atoms with Crippen molar-refractivity contribution in [3.63, 3.8) is 0 Å². The summed E-state index contributed by atoms with van der Waals surface area (Å²) >= 11 is 6.36. The van der Waals surface area contributed by atoms with E-state index in [1.807, 2.05) is 11.8 Å². The number of hydrogen-bond acceptors (Lipinski definition) is 7. The van der Waals surface area contributed by atoms with E-state index in [-0.39, 0.29) is 40.2 Å². The van der Waals surface area contributed by atoms with Crippen LogP contribution in [0.1, 0.15) is 19.8 Å². The quantitative estimate of drug-likeness (QED) is 0.275. The third kappa shape index (κ3) is 5.03. The van der Waals surface area contributed by atoms with Crippen LogP contribution in [0.3, 0.4) is 0 Å². The molecule has 2 fully saturated rings. The molecule has 6 rings (SSSR count). The van der Waals surface area contributed by atoms with Crippen molar-refractivity contribution in [1.29, 1.82) is 0 Å². The zero-order valence-electron chi connectivity index (χ0n) is 23.5. The molecule has 11 heteroatoms. The number of halogens is 3. The van der Waals surface area contributed by atoms with Gasteiger partial charge in [-0.05, 0) is 50.9 Å².